The van der Waals surface area contributed by atoms with Crippen LogP contribution in [0.1, 0.15) is 45.6 Å². The Morgan fingerprint density at radius 1 is 1.12 bits per heavy atom. The van der Waals surface area contributed by atoms with Crippen molar-refractivity contribution in [3.8, 4) is 5.75 Å². The molecule has 1 aliphatic heterocycles. The zero-order valence-electron chi connectivity index (χ0n) is 19.5. The molecule has 1 aliphatic rings. The number of para-hydroxylation sites is 1. The Bertz CT molecular complexity index is 808. The first-order chi connectivity index (χ1) is 15.2. The second-order valence-electron chi connectivity index (χ2n) is 8.82. The van der Waals surface area contributed by atoms with Gasteiger partial charge in [0.05, 0.1) is 7.11 Å². The van der Waals surface area contributed by atoms with Crippen LogP contribution < -0.4 is 15.4 Å². The lowest BCUT2D eigenvalue weighted by Crippen LogP contribution is -2.42. The second kappa shape index (κ2) is 12.1. The van der Waals surface area contributed by atoms with Crippen LogP contribution in [0.3, 0.4) is 0 Å². The van der Waals surface area contributed by atoms with E-state index in [1.54, 1.807) is 34.0 Å². The van der Waals surface area contributed by atoms with Gasteiger partial charge in [-0.1, -0.05) is 18.2 Å². The topological polar surface area (TPSA) is 97.0 Å². The van der Waals surface area contributed by atoms with E-state index in [1.165, 1.54) is 6.08 Å². The Hall–Kier alpha value is -3.03. The van der Waals surface area contributed by atoms with Crippen molar-refractivity contribution in [2.75, 3.05) is 33.3 Å². The summed E-state index contributed by atoms with van der Waals surface area (Å²) in [5, 5.41) is 5.55. The molecule has 176 valence electrons. The monoisotopic (exact) mass is 445 g/mol. The molecule has 2 N–H and O–H groups in total. The van der Waals surface area contributed by atoms with Gasteiger partial charge in [-0.15, -0.1) is 0 Å². The summed E-state index contributed by atoms with van der Waals surface area (Å²) in [7, 11) is 1.60. The molecule has 0 aromatic heterocycles. The quantitative estimate of drug-likeness (QED) is 0.600. The van der Waals surface area contributed by atoms with Gasteiger partial charge in [-0.3, -0.25) is 9.59 Å². The van der Waals surface area contributed by atoms with Crippen LogP contribution in [0.2, 0.25) is 0 Å². The highest BCUT2D eigenvalue weighted by atomic mass is 16.6. The molecule has 0 atom stereocenters. The number of carbonyl (C=O) groups excluding carboxylic acids is 3. The summed E-state index contributed by atoms with van der Waals surface area (Å²) >= 11 is 0. The molecule has 1 saturated heterocycles. The van der Waals surface area contributed by atoms with Gasteiger partial charge in [0, 0.05) is 44.2 Å². The molecule has 1 heterocycles. The average Bonchev–Trinajstić information content (AvgIpc) is 2.75. The highest BCUT2D eigenvalue weighted by Crippen LogP contribution is 2.19. The van der Waals surface area contributed by atoms with Crippen LogP contribution in [0.25, 0.3) is 6.08 Å². The minimum atomic E-state index is -0.560. The summed E-state index contributed by atoms with van der Waals surface area (Å²) in [6.45, 7) is 7.52. The molecule has 1 aromatic rings. The number of carbonyl (C=O) groups is 3. The summed E-state index contributed by atoms with van der Waals surface area (Å²) < 4.78 is 10.4. The van der Waals surface area contributed by atoms with Gasteiger partial charge in [-0.2, -0.15) is 0 Å². The fourth-order valence-corrected chi connectivity index (χ4v) is 3.40. The molecular formula is C24H35N3O5. The van der Waals surface area contributed by atoms with E-state index in [4.69, 9.17) is 9.47 Å². The number of rotatable bonds is 8. The molecule has 2 rings (SSSR count). The van der Waals surface area contributed by atoms with Gasteiger partial charge in [0.1, 0.15) is 11.4 Å². The Balaban J connectivity index is 1.65. The number of hydrogen-bond donors (Lipinski definition) is 2. The first-order valence-electron chi connectivity index (χ1n) is 11.0. The lowest BCUT2D eigenvalue weighted by molar-refractivity contribution is -0.132. The van der Waals surface area contributed by atoms with Crippen LogP contribution in [0.5, 0.6) is 5.75 Å². The second-order valence-corrected chi connectivity index (χ2v) is 8.82. The Morgan fingerprint density at radius 2 is 1.81 bits per heavy atom. The van der Waals surface area contributed by atoms with Crippen molar-refractivity contribution >= 4 is 24.0 Å². The molecule has 0 bridgehead atoms. The Kier molecular flexibility index (Phi) is 9.56. The number of ether oxygens (including phenoxy) is 2. The number of alkyl carbamates (subject to hydrolysis) is 1. The molecule has 0 radical (unpaired) electrons. The number of nitrogens with zero attached hydrogens (tertiary/aromatic N) is 1. The fourth-order valence-electron chi connectivity index (χ4n) is 3.40. The molecule has 8 heteroatoms. The van der Waals surface area contributed by atoms with E-state index in [2.05, 4.69) is 10.6 Å². The molecule has 0 aliphatic carbocycles. The van der Waals surface area contributed by atoms with E-state index in [9.17, 15) is 14.4 Å². The minimum Gasteiger partial charge on any atom is -0.496 e. The van der Waals surface area contributed by atoms with Crippen molar-refractivity contribution < 1.29 is 23.9 Å². The molecule has 0 spiro atoms. The number of methoxy groups -OCH3 is 1. The number of piperidine rings is 1. The maximum absolute atomic E-state index is 12.4. The van der Waals surface area contributed by atoms with E-state index < -0.39 is 11.7 Å². The first kappa shape index (κ1) is 25.2. The standard InChI is InChI=1S/C24H35N3O5/c1-24(2,3)32-23(30)25-14-11-22(29)27-15-12-18(13-16-27)17-26-21(28)10-9-19-7-5-6-8-20(19)31-4/h5-10,18H,11-17H2,1-4H3,(H,25,30)(H,26,28)/b10-9+. The molecule has 1 aromatic carbocycles. The zero-order chi connectivity index (χ0) is 23.6. The van der Waals surface area contributed by atoms with Gasteiger partial charge < -0.3 is 25.0 Å². The number of nitrogens with one attached hydrogen (secondary N) is 2. The molecule has 0 unspecified atom stereocenters. The van der Waals surface area contributed by atoms with Crippen LogP contribution in [0, 0.1) is 5.92 Å². The van der Waals surface area contributed by atoms with Crippen LogP contribution >= 0.6 is 0 Å². The van der Waals surface area contributed by atoms with E-state index in [1.807, 2.05) is 29.2 Å². The molecular weight excluding hydrogens is 410 g/mol. The van der Waals surface area contributed by atoms with Crippen molar-refractivity contribution in [2.24, 2.45) is 5.92 Å². The van der Waals surface area contributed by atoms with Gasteiger partial charge in [0.15, 0.2) is 0 Å². The van der Waals surface area contributed by atoms with Crippen LogP contribution in [0.4, 0.5) is 4.79 Å². The molecule has 1 fully saturated rings. The molecule has 3 amide bonds. The third-order valence-corrected chi connectivity index (χ3v) is 5.09. The van der Waals surface area contributed by atoms with Gasteiger partial charge >= 0.3 is 6.09 Å². The Morgan fingerprint density at radius 3 is 2.47 bits per heavy atom. The maximum Gasteiger partial charge on any atom is 0.407 e. The number of benzene rings is 1. The maximum atomic E-state index is 12.4. The summed E-state index contributed by atoms with van der Waals surface area (Å²) in [5.41, 5.74) is 0.286. The number of hydrogen-bond acceptors (Lipinski definition) is 5. The summed E-state index contributed by atoms with van der Waals surface area (Å²) in [6.07, 6.45) is 4.65. The molecule has 32 heavy (non-hydrogen) atoms. The van der Waals surface area contributed by atoms with Gasteiger partial charge in [0.2, 0.25) is 11.8 Å². The molecule has 8 nitrogen and oxygen atoms in total. The smallest absolute Gasteiger partial charge is 0.407 e. The highest BCUT2D eigenvalue weighted by molar-refractivity contribution is 5.92. The van der Waals surface area contributed by atoms with Crippen LogP contribution in [-0.2, 0) is 14.3 Å². The SMILES string of the molecule is COc1ccccc1/C=C/C(=O)NCC1CCN(C(=O)CCNC(=O)OC(C)(C)C)CC1. The zero-order valence-corrected chi connectivity index (χ0v) is 19.5. The Labute approximate surface area is 190 Å². The minimum absolute atomic E-state index is 0.0169. The summed E-state index contributed by atoms with van der Waals surface area (Å²) in [6, 6.07) is 7.51. The highest BCUT2D eigenvalue weighted by Gasteiger charge is 2.23. The van der Waals surface area contributed by atoms with Gasteiger partial charge in [0.25, 0.3) is 0 Å². The number of amides is 3. The van der Waals surface area contributed by atoms with Crippen molar-refractivity contribution in [2.45, 2.75) is 45.6 Å². The summed E-state index contributed by atoms with van der Waals surface area (Å²) in [5.74, 6) is 0.920. The molecule has 0 saturated carbocycles. The van der Waals surface area contributed by atoms with E-state index in [-0.39, 0.29) is 24.8 Å². The third kappa shape index (κ3) is 8.99. The van der Waals surface area contributed by atoms with Crippen molar-refractivity contribution in [1.29, 1.82) is 0 Å². The normalized spacial score (nSPS) is 14.8. The lowest BCUT2D eigenvalue weighted by atomic mass is 9.96. The van der Waals surface area contributed by atoms with Crippen molar-refractivity contribution in [3.05, 3.63) is 35.9 Å². The predicted molar refractivity (Wildman–Crippen MR) is 123 cm³/mol. The van der Waals surface area contributed by atoms with Crippen molar-refractivity contribution in [3.63, 3.8) is 0 Å². The average molecular weight is 446 g/mol. The predicted octanol–water partition coefficient (Wildman–Crippen LogP) is 2.98. The van der Waals surface area contributed by atoms with E-state index in [0.29, 0.717) is 25.6 Å². The largest absolute Gasteiger partial charge is 0.496 e. The van der Waals surface area contributed by atoms with E-state index in [0.717, 1.165) is 24.2 Å². The van der Waals surface area contributed by atoms with Crippen LogP contribution in [0.15, 0.2) is 30.3 Å². The van der Waals surface area contributed by atoms with Gasteiger partial charge in [-0.05, 0) is 51.7 Å². The van der Waals surface area contributed by atoms with E-state index >= 15 is 0 Å². The fraction of sp³-hybridized carbons (Fsp3) is 0.542. The van der Waals surface area contributed by atoms with Crippen molar-refractivity contribution in [1.82, 2.24) is 15.5 Å². The third-order valence-electron chi connectivity index (χ3n) is 5.09. The van der Waals surface area contributed by atoms with Crippen LogP contribution in [-0.4, -0.2) is 61.7 Å². The van der Waals surface area contributed by atoms with Gasteiger partial charge in [-0.25, -0.2) is 4.79 Å². The number of likely N-dealkylation sites (tertiary alicyclic amines) is 1. The lowest BCUT2D eigenvalue weighted by Gasteiger charge is -2.32. The first-order valence-corrected chi connectivity index (χ1v) is 11.0. The summed E-state index contributed by atoms with van der Waals surface area (Å²) in [4.78, 5) is 38.0.